The summed E-state index contributed by atoms with van der Waals surface area (Å²) in [5, 5.41) is 3.35. The molecule has 1 aliphatic carbocycles. The summed E-state index contributed by atoms with van der Waals surface area (Å²) >= 11 is 1.22. The number of rotatable bonds is 5. The molecule has 6 nitrogen and oxygen atoms in total. The van der Waals surface area contributed by atoms with Gasteiger partial charge in [-0.3, -0.25) is 9.59 Å². The van der Waals surface area contributed by atoms with E-state index in [1.807, 2.05) is 0 Å². The van der Waals surface area contributed by atoms with Crippen LogP contribution in [0.2, 0.25) is 0 Å². The minimum absolute atomic E-state index is 0.0546. The van der Waals surface area contributed by atoms with Crippen LogP contribution < -0.4 is 10.2 Å². The molecule has 3 rings (SSSR count). The molecular formula is C18H25N2O4S+. The highest BCUT2D eigenvalue weighted by Crippen LogP contribution is 2.38. The van der Waals surface area contributed by atoms with Gasteiger partial charge in [-0.05, 0) is 44.6 Å². The van der Waals surface area contributed by atoms with Crippen LogP contribution in [0, 0.1) is 0 Å². The second kappa shape index (κ2) is 8.10. The predicted molar refractivity (Wildman–Crippen MR) is 95.6 cm³/mol. The molecule has 7 heteroatoms. The summed E-state index contributed by atoms with van der Waals surface area (Å²) in [6.07, 6.45) is 5.45. The quantitative estimate of drug-likeness (QED) is 0.775. The number of fused-ring (bicyclic) bond motifs is 1. The van der Waals surface area contributed by atoms with Crippen molar-refractivity contribution in [1.29, 1.82) is 0 Å². The number of Topliss-reactive ketones (excluding diaryl/α,β-unsaturated/α-hetero) is 1. The second-order valence-electron chi connectivity index (χ2n) is 6.65. The molecule has 1 amide bonds. The van der Waals surface area contributed by atoms with Gasteiger partial charge in [0.2, 0.25) is 0 Å². The van der Waals surface area contributed by atoms with Crippen molar-refractivity contribution in [1.82, 2.24) is 0 Å². The first-order chi connectivity index (χ1) is 12.1. The molecule has 2 aliphatic rings. The zero-order valence-electron chi connectivity index (χ0n) is 14.6. The standard InChI is InChI=1S/C18H24N2O4S/c1-2-24-18(23)15-12-7-6-8-13(21)16(12)25-17(15)19-14(22)11-20-9-4-3-5-10-20/h2-11H2,1H3,(H,19,22)/p+1. The van der Waals surface area contributed by atoms with Crippen LogP contribution >= 0.6 is 11.3 Å². The Hall–Kier alpha value is -1.73. The van der Waals surface area contributed by atoms with Crippen molar-refractivity contribution in [3.63, 3.8) is 0 Å². The van der Waals surface area contributed by atoms with E-state index in [0.29, 0.717) is 34.8 Å². The van der Waals surface area contributed by atoms with Gasteiger partial charge in [0, 0.05) is 6.42 Å². The Morgan fingerprint density at radius 3 is 2.64 bits per heavy atom. The van der Waals surface area contributed by atoms with Crippen LogP contribution in [0.1, 0.15) is 64.6 Å². The van der Waals surface area contributed by atoms with E-state index in [1.165, 1.54) is 22.7 Å². The highest BCUT2D eigenvalue weighted by Gasteiger charge is 2.31. The van der Waals surface area contributed by atoms with Gasteiger partial charge in [-0.1, -0.05) is 0 Å². The van der Waals surface area contributed by atoms with Crippen LogP contribution in [0.15, 0.2) is 0 Å². The van der Waals surface area contributed by atoms with Crippen LogP contribution in [-0.4, -0.2) is 43.9 Å². The molecule has 136 valence electrons. The van der Waals surface area contributed by atoms with Crippen molar-refractivity contribution in [3.05, 3.63) is 16.0 Å². The zero-order valence-corrected chi connectivity index (χ0v) is 15.4. The van der Waals surface area contributed by atoms with E-state index in [9.17, 15) is 14.4 Å². The number of carbonyl (C=O) groups excluding carboxylic acids is 3. The molecule has 1 aliphatic heterocycles. The second-order valence-corrected chi connectivity index (χ2v) is 7.67. The zero-order chi connectivity index (χ0) is 17.8. The highest BCUT2D eigenvalue weighted by atomic mass is 32.1. The summed E-state index contributed by atoms with van der Waals surface area (Å²) in [7, 11) is 0. The number of amides is 1. The maximum atomic E-state index is 12.4. The molecular weight excluding hydrogens is 340 g/mol. The van der Waals surface area contributed by atoms with Crippen LogP contribution in [0.5, 0.6) is 0 Å². The number of hydrogen-bond acceptors (Lipinski definition) is 5. The summed E-state index contributed by atoms with van der Waals surface area (Å²) in [5.41, 5.74) is 1.14. The number of quaternary nitrogens is 1. The first-order valence-corrected chi connectivity index (χ1v) is 9.91. The Balaban J connectivity index is 1.80. The lowest BCUT2D eigenvalue weighted by atomic mass is 9.94. The van der Waals surface area contributed by atoms with Crippen molar-refractivity contribution in [2.45, 2.75) is 45.4 Å². The monoisotopic (exact) mass is 365 g/mol. The van der Waals surface area contributed by atoms with Gasteiger partial charge in [0.15, 0.2) is 12.3 Å². The molecule has 2 heterocycles. The minimum atomic E-state index is -0.449. The summed E-state index contributed by atoms with van der Waals surface area (Å²) in [5.74, 6) is -0.497. The van der Waals surface area contributed by atoms with Crippen LogP contribution in [0.25, 0.3) is 0 Å². The van der Waals surface area contributed by atoms with E-state index in [1.54, 1.807) is 6.92 Å². The number of esters is 1. The van der Waals surface area contributed by atoms with Gasteiger partial charge in [-0.2, -0.15) is 0 Å². The van der Waals surface area contributed by atoms with Gasteiger partial charge in [-0.25, -0.2) is 4.79 Å². The van der Waals surface area contributed by atoms with Crippen molar-refractivity contribution < 1.29 is 24.0 Å². The Bertz CT molecular complexity index is 677. The minimum Gasteiger partial charge on any atom is -0.462 e. The number of likely N-dealkylation sites (tertiary alicyclic amines) is 1. The Morgan fingerprint density at radius 1 is 1.16 bits per heavy atom. The molecule has 0 unspecified atom stereocenters. The molecule has 1 saturated heterocycles. The van der Waals surface area contributed by atoms with Gasteiger partial charge < -0.3 is 15.0 Å². The van der Waals surface area contributed by atoms with E-state index < -0.39 is 5.97 Å². The predicted octanol–water partition coefficient (Wildman–Crippen LogP) is 1.45. The maximum Gasteiger partial charge on any atom is 0.341 e. The summed E-state index contributed by atoms with van der Waals surface area (Å²) < 4.78 is 5.16. The average Bonchev–Trinajstić information content (AvgIpc) is 2.95. The largest absolute Gasteiger partial charge is 0.462 e. The molecule has 0 saturated carbocycles. The van der Waals surface area contributed by atoms with E-state index in [-0.39, 0.29) is 18.3 Å². The lowest BCUT2D eigenvalue weighted by Gasteiger charge is -2.22. The molecule has 1 aromatic rings. The van der Waals surface area contributed by atoms with Crippen molar-refractivity contribution in [2.24, 2.45) is 0 Å². The lowest BCUT2D eigenvalue weighted by Crippen LogP contribution is -3.13. The Kier molecular flexibility index (Phi) is 5.86. The third-order valence-electron chi connectivity index (χ3n) is 4.79. The molecule has 0 bridgehead atoms. The number of anilines is 1. The average molecular weight is 365 g/mol. The van der Waals surface area contributed by atoms with Crippen molar-refractivity contribution in [3.8, 4) is 0 Å². The molecule has 1 fully saturated rings. The highest BCUT2D eigenvalue weighted by molar-refractivity contribution is 7.18. The topological polar surface area (TPSA) is 76.9 Å². The van der Waals surface area contributed by atoms with E-state index in [2.05, 4.69) is 5.32 Å². The van der Waals surface area contributed by atoms with Crippen molar-refractivity contribution in [2.75, 3.05) is 31.6 Å². The van der Waals surface area contributed by atoms with Gasteiger partial charge in [-0.15, -0.1) is 11.3 Å². The first kappa shape index (κ1) is 18.1. The number of piperidine rings is 1. The Morgan fingerprint density at radius 2 is 1.92 bits per heavy atom. The van der Waals surface area contributed by atoms with Crippen molar-refractivity contribution >= 4 is 34.0 Å². The van der Waals surface area contributed by atoms with Gasteiger partial charge in [0.25, 0.3) is 5.91 Å². The summed E-state index contributed by atoms with van der Waals surface area (Å²) in [4.78, 5) is 38.9. The number of nitrogens with one attached hydrogen (secondary N) is 2. The summed E-state index contributed by atoms with van der Waals surface area (Å²) in [6, 6.07) is 0. The molecule has 0 atom stereocenters. The molecule has 0 spiro atoms. The maximum absolute atomic E-state index is 12.4. The van der Waals surface area contributed by atoms with Gasteiger partial charge in [0.1, 0.15) is 5.00 Å². The fourth-order valence-electron chi connectivity index (χ4n) is 3.60. The molecule has 25 heavy (non-hydrogen) atoms. The Labute approximate surface area is 151 Å². The SMILES string of the molecule is CCOC(=O)c1c(NC(=O)C[NH+]2CCCCC2)sc2c1CCCC2=O. The fourth-order valence-corrected chi connectivity index (χ4v) is 4.82. The lowest BCUT2D eigenvalue weighted by molar-refractivity contribution is -0.896. The smallest absolute Gasteiger partial charge is 0.341 e. The number of ether oxygens (including phenoxy) is 1. The van der Waals surface area contributed by atoms with E-state index in [0.717, 1.165) is 37.9 Å². The first-order valence-electron chi connectivity index (χ1n) is 9.09. The number of ketones is 1. The van der Waals surface area contributed by atoms with E-state index >= 15 is 0 Å². The van der Waals surface area contributed by atoms with Gasteiger partial charge >= 0.3 is 5.97 Å². The molecule has 2 N–H and O–H groups in total. The molecule has 0 radical (unpaired) electrons. The number of hydrogen-bond donors (Lipinski definition) is 2. The molecule has 1 aromatic heterocycles. The normalized spacial score (nSPS) is 17.9. The molecule has 0 aromatic carbocycles. The third-order valence-corrected chi connectivity index (χ3v) is 5.98. The van der Waals surface area contributed by atoms with E-state index in [4.69, 9.17) is 4.74 Å². The van der Waals surface area contributed by atoms with Gasteiger partial charge in [0.05, 0.1) is 30.1 Å². The number of thiophene rings is 1. The summed E-state index contributed by atoms with van der Waals surface area (Å²) in [6.45, 7) is 4.44. The number of carbonyl (C=O) groups is 3. The van der Waals surface area contributed by atoms with Crippen LogP contribution in [0.4, 0.5) is 5.00 Å². The third kappa shape index (κ3) is 4.10. The fraction of sp³-hybridized carbons (Fsp3) is 0.611. The van der Waals surface area contributed by atoms with Crippen LogP contribution in [-0.2, 0) is 16.0 Å². The van der Waals surface area contributed by atoms with Crippen LogP contribution in [0.3, 0.4) is 0 Å².